The molecule has 16 heavy (non-hydrogen) atoms. The number of hydrogen-bond acceptors (Lipinski definition) is 3. The van der Waals surface area contributed by atoms with Crippen molar-refractivity contribution in [1.29, 1.82) is 0 Å². The first-order valence-corrected chi connectivity index (χ1v) is 5.87. The van der Waals surface area contributed by atoms with Gasteiger partial charge in [-0.2, -0.15) is 10.6 Å². The number of hydrogen-bond donors (Lipinski definition) is 1. The van der Waals surface area contributed by atoms with Gasteiger partial charge in [-0.3, -0.25) is 4.68 Å². The summed E-state index contributed by atoms with van der Waals surface area (Å²) in [4.78, 5) is 5.36. The molecule has 1 rings (SSSR count). The number of rotatable bonds is 6. The van der Waals surface area contributed by atoms with E-state index in [2.05, 4.69) is 38.3 Å². The number of nitrogens with one attached hydrogen (secondary N) is 1. The molecule has 0 saturated heterocycles. The minimum absolute atomic E-state index is 0.447. The summed E-state index contributed by atoms with van der Waals surface area (Å²) in [7, 11) is 1.95. The zero-order valence-electron chi connectivity index (χ0n) is 10.9. The fraction of sp³-hybridized carbons (Fsp3) is 0.750. The van der Waals surface area contributed by atoms with Gasteiger partial charge in [-0.15, -0.1) is 0 Å². The van der Waals surface area contributed by atoms with Gasteiger partial charge in [0, 0.05) is 25.4 Å². The van der Waals surface area contributed by atoms with E-state index in [1.807, 2.05) is 17.9 Å². The lowest BCUT2D eigenvalue weighted by atomic mass is 10.1. The van der Waals surface area contributed by atoms with E-state index >= 15 is 0 Å². The van der Waals surface area contributed by atoms with Gasteiger partial charge in [0.15, 0.2) is 0 Å². The van der Waals surface area contributed by atoms with E-state index in [1.165, 1.54) is 5.56 Å². The summed E-state index contributed by atoms with van der Waals surface area (Å²) in [6.45, 7) is 10.0. The zero-order valence-corrected chi connectivity index (χ0v) is 10.9. The molecule has 1 heterocycles. The SMILES string of the molecule is CC(C)CONCc1cn(C)nc1C(C)C. The Morgan fingerprint density at radius 3 is 2.62 bits per heavy atom. The molecule has 0 aliphatic heterocycles. The third-order valence-electron chi connectivity index (χ3n) is 2.27. The van der Waals surface area contributed by atoms with E-state index in [0.717, 1.165) is 12.3 Å². The molecule has 92 valence electrons. The normalized spacial score (nSPS) is 11.7. The molecule has 0 radical (unpaired) electrons. The van der Waals surface area contributed by atoms with Crippen molar-refractivity contribution in [2.75, 3.05) is 6.61 Å². The first-order valence-electron chi connectivity index (χ1n) is 5.87. The highest BCUT2D eigenvalue weighted by molar-refractivity contribution is 5.19. The lowest BCUT2D eigenvalue weighted by molar-refractivity contribution is 0.0195. The molecule has 1 aromatic heterocycles. The van der Waals surface area contributed by atoms with Gasteiger partial charge in [-0.05, 0) is 11.8 Å². The van der Waals surface area contributed by atoms with Crippen molar-refractivity contribution in [3.63, 3.8) is 0 Å². The Kier molecular flexibility index (Phi) is 4.96. The van der Waals surface area contributed by atoms with Crippen LogP contribution < -0.4 is 5.48 Å². The number of nitrogens with zero attached hydrogens (tertiary/aromatic N) is 2. The quantitative estimate of drug-likeness (QED) is 0.596. The van der Waals surface area contributed by atoms with E-state index in [0.29, 0.717) is 18.4 Å². The molecule has 0 aromatic carbocycles. The van der Waals surface area contributed by atoms with E-state index < -0.39 is 0 Å². The van der Waals surface area contributed by atoms with Crippen LogP contribution in [0.25, 0.3) is 0 Å². The molecule has 0 bridgehead atoms. The number of aryl methyl sites for hydroxylation is 1. The van der Waals surface area contributed by atoms with Gasteiger partial charge in [-0.1, -0.05) is 27.7 Å². The predicted molar refractivity (Wildman–Crippen MR) is 64.9 cm³/mol. The van der Waals surface area contributed by atoms with Crippen LogP contribution in [0.15, 0.2) is 6.20 Å². The third-order valence-corrected chi connectivity index (χ3v) is 2.27. The topological polar surface area (TPSA) is 39.1 Å². The summed E-state index contributed by atoms with van der Waals surface area (Å²) >= 11 is 0. The third kappa shape index (κ3) is 3.94. The second-order valence-corrected chi connectivity index (χ2v) is 4.89. The lowest BCUT2D eigenvalue weighted by Gasteiger charge is -2.08. The monoisotopic (exact) mass is 225 g/mol. The Hall–Kier alpha value is -0.870. The average molecular weight is 225 g/mol. The zero-order chi connectivity index (χ0) is 12.1. The van der Waals surface area contributed by atoms with Crippen LogP contribution in [-0.2, 0) is 18.4 Å². The van der Waals surface area contributed by atoms with Crippen LogP contribution in [0.3, 0.4) is 0 Å². The molecule has 0 aliphatic carbocycles. The van der Waals surface area contributed by atoms with Crippen molar-refractivity contribution in [2.24, 2.45) is 13.0 Å². The molecule has 0 saturated carbocycles. The van der Waals surface area contributed by atoms with E-state index in [1.54, 1.807) is 0 Å². The van der Waals surface area contributed by atoms with Gasteiger partial charge in [0.05, 0.1) is 12.3 Å². The highest BCUT2D eigenvalue weighted by Crippen LogP contribution is 2.16. The Morgan fingerprint density at radius 1 is 1.38 bits per heavy atom. The van der Waals surface area contributed by atoms with E-state index in [-0.39, 0.29) is 0 Å². The van der Waals surface area contributed by atoms with Crippen molar-refractivity contribution in [2.45, 2.75) is 40.2 Å². The van der Waals surface area contributed by atoms with Crippen LogP contribution in [0, 0.1) is 5.92 Å². The molecule has 1 N–H and O–H groups in total. The maximum Gasteiger partial charge on any atom is 0.0705 e. The highest BCUT2D eigenvalue weighted by Gasteiger charge is 2.10. The fourth-order valence-electron chi connectivity index (χ4n) is 1.53. The molecule has 0 fully saturated rings. The molecule has 1 aromatic rings. The lowest BCUT2D eigenvalue weighted by Crippen LogP contribution is -2.18. The van der Waals surface area contributed by atoms with Crippen molar-refractivity contribution in [3.05, 3.63) is 17.5 Å². The summed E-state index contributed by atoms with van der Waals surface area (Å²) in [6.07, 6.45) is 2.04. The molecule has 0 amide bonds. The van der Waals surface area contributed by atoms with Crippen molar-refractivity contribution >= 4 is 0 Å². The first kappa shape index (κ1) is 13.2. The van der Waals surface area contributed by atoms with E-state index in [9.17, 15) is 0 Å². The molecule has 0 atom stereocenters. The van der Waals surface area contributed by atoms with Gasteiger partial charge < -0.3 is 4.84 Å². The Morgan fingerprint density at radius 2 is 2.06 bits per heavy atom. The molecule has 0 aliphatic rings. The second kappa shape index (κ2) is 6.01. The van der Waals surface area contributed by atoms with Gasteiger partial charge in [-0.25, -0.2) is 0 Å². The molecule has 0 unspecified atom stereocenters. The van der Waals surface area contributed by atoms with Crippen molar-refractivity contribution < 1.29 is 4.84 Å². The van der Waals surface area contributed by atoms with Gasteiger partial charge >= 0.3 is 0 Å². The summed E-state index contributed by atoms with van der Waals surface area (Å²) in [5.41, 5.74) is 5.34. The van der Waals surface area contributed by atoms with Crippen molar-refractivity contribution in [3.8, 4) is 0 Å². The predicted octanol–water partition coefficient (Wildman–Crippen LogP) is 2.22. The second-order valence-electron chi connectivity index (χ2n) is 4.89. The maximum atomic E-state index is 5.36. The maximum absolute atomic E-state index is 5.36. The number of hydroxylamine groups is 1. The summed E-state index contributed by atoms with van der Waals surface area (Å²) in [5, 5.41) is 4.45. The van der Waals surface area contributed by atoms with Crippen LogP contribution >= 0.6 is 0 Å². The van der Waals surface area contributed by atoms with Crippen molar-refractivity contribution in [1.82, 2.24) is 15.3 Å². The van der Waals surface area contributed by atoms with Crippen LogP contribution in [0.4, 0.5) is 0 Å². The minimum atomic E-state index is 0.447. The average Bonchev–Trinajstić information content (AvgIpc) is 2.54. The summed E-state index contributed by atoms with van der Waals surface area (Å²) in [6, 6.07) is 0. The Balaban J connectivity index is 2.46. The fourth-order valence-corrected chi connectivity index (χ4v) is 1.53. The first-order chi connectivity index (χ1) is 7.50. The van der Waals surface area contributed by atoms with Gasteiger partial charge in [0.1, 0.15) is 0 Å². The molecule has 0 spiro atoms. The highest BCUT2D eigenvalue weighted by atomic mass is 16.6. The standard InChI is InChI=1S/C12H23N3O/c1-9(2)8-16-13-6-11-7-15(5)14-12(11)10(3)4/h7,9-10,13H,6,8H2,1-5H3. The number of aromatic nitrogens is 2. The Labute approximate surface area is 97.9 Å². The summed E-state index contributed by atoms with van der Waals surface area (Å²) < 4.78 is 1.86. The van der Waals surface area contributed by atoms with Crippen LogP contribution in [0.1, 0.15) is 44.9 Å². The largest absolute Gasteiger partial charge is 0.301 e. The van der Waals surface area contributed by atoms with Gasteiger partial charge in [0.2, 0.25) is 0 Å². The smallest absolute Gasteiger partial charge is 0.0705 e. The van der Waals surface area contributed by atoms with Crippen LogP contribution in [0.2, 0.25) is 0 Å². The molecular formula is C12H23N3O. The van der Waals surface area contributed by atoms with E-state index in [4.69, 9.17) is 4.84 Å². The molecule has 4 nitrogen and oxygen atoms in total. The van der Waals surface area contributed by atoms with Crippen LogP contribution in [0.5, 0.6) is 0 Å². The molecular weight excluding hydrogens is 202 g/mol. The Bertz CT molecular complexity index is 318. The summed E-state index contributed by atoms with van der Waals surface area (Å²) in [5.74, 6) is 0.995. The van der Waals surface area contributed by atoms with Gasteiger partial charge in [0.25, 0.3) is 0 Å². The van der Waals surface area contributed by atoms with Crippen LogP contribution in [-0.4, -0.2) is 16.4 Å². The minimum Gasteiger partial charge on any atom is -0.301 e. The molecule has 4 heteroatoms.